The first-order valence-corrected chi connectivity index (χ1v) is 11.1. The van der Waals surface area contributed by atoms with E-state index in [1.165, 1.54) is 44.1 Å². The van der Waals surface area contributed by atoms with Gasteiger partial charge in [0.1, 0.15) is 0 Å². The highest BCUT2D eigenvalue weighted by atomic mass is 32.2. The molecule has 0 heterocycles. The Balaban J connectivity index is 1.58. The SMILES string of the molecule is C[C@@]12CCC[C@H]1[C@@H]1CC=C3C[C@@H](OS(N)(=O)=O)CC[C@]3(C)[C@H]1CC2. The van der Waals surface area contributed by atoms with Crippen molar-refractivity contribution in [1.29, 1.82) is 0 Å². The van der Waals surface area contributed by atoms with Crippen molar-refractivity contribution in [2.75, 3.05) is 0 Å². The van der Waals surface area contributed by atoms with Gasteiger partial charge in [0.05, 0.1) is 6.10 Å². The van der Waals surface area contributed by atoms with E-state index in [1.807, 2.05) is 0 Å². The summed E-state index contributed by atoms with van der Waals surface area (Å²) in [7, 11) is -3.85. The van der Waals surface area contributed by atoms with E-state index >= 15 is 0 Å². The topological polar surface area (TPSA) is 69.4 Å². The Labute approximate surface area is 146 Å². The summed E-state index contributed by atoms with van der Waals surface area (Å²) in [5, 5.41) is 5.08. The summed E-state index contributed by atoms with van der Waals surface area (Å²) in [4.78, 5) is 0. The van der Waals surface area contributed by atoms with Gasteiger partial charge in [-0.25, -0.2) is 5.14 Å². The molecule has 0 bridgehead atoms. The maximum absolute atomic E-state index is 11.3. The van der Waals surface area contributed by atoms with Gasteiger partial charge in [-0.05, 0) is 80.0 Å². The second-order valence-corrected chi connectivity index (χ2v) is 10.5. The van der Waals surface area contributed by atoms with Gasteiger partial charge >= 0.3 is 10.3 Å². The molecule has 5 heteroatoms. The third-order valence-electron chi connectivity index (χ3n) is 8.11. The van der Waals surface area contributed by atoms with Crippen molar-refractivity contribution >= 4 is 10.3 Å². The molecule has 4 rings (SSSR count). The highest BCUT2D eigenvalue weighted by molar-refractivity contribution is 7.84. The fraction of sp³-hybridized carbons (Fsp3) is 0.895. The van der Waals surface area contributed by atoms with Crippen LogP contribution in [-0.4, -0.2) is 14.5 Å². The van der Waals surface area contributed by atoms with Crippen LogP contribution in [0.4, 0.5) is 0 Å². The number of nitrogens with two attached hydrogens (primary N) is 1. The molecule has 4 aliphatic rings. The summed E-state index contributed by atoms with van der Waals surface area (Å²) in [6.07, 6.45) is 12.9. The normalized spacial score (nSPS) is 48.2. The number of allylic oxidation sites excluding steroid dienone is 1. The molecule has 4 aliphatic carbocycles. The molecule has 0 radical (unpaired) electrons. The van der Waals surface area contributed by atoms with Crippen LogP contribution in [0.3, 0.4) is 0 Å². The number of fused-ring (bicyclic) bond motifs is 5. The highest BCUT2D eigenvalue weighted by Crippen LogP contribution is 2.64. The van der Waals surface area contributed by atoms with Gasteiger partial charge in [0.15, 0.2) is 0 Å². The average molecular weight is 354 g/mol. The van der Waals surface area contributed by atoms with Crippen LogP contribution in [0.5, 0.6) is 0 Å². The van der Waals surface area contributed by atoms with Crippen LogP contribution in [0.2, 0.25) is 0 Å². The maximum atomic E-state index is 11.3. The van der Waals surface area contributed by atoms with Crippen LogP contribution in [0, 0.1) is 28.6 Å². The molecule has 0 amide bonds. The first-order valence-electron chi connectivity index (χ1n) is 9.62. The molecule has 0 saturated heterocycles. The fourth-order valence-electron chi connectivity index (χ4n) is 6.89. The Morgan fingerprint density at radius 3 is 2.67 bits per heavy atom. The average Bonchev–Trinajstić information content (AvgIpc) is 2.88. The van der Waals surface area contributed by atoms with Crippen molar-refractivity contribution < 1.29 is 12.6 Å². The van der Waals surface area contributed by atoms with Crippen LogP contribution in [0.15, 0.2) is 11.6 Å². The summed E-state index contributed by atoms with van der Waals surface area (Å²) < 4.78 is 27.6. The summed E-state index contributed by atoms with van der Waals surface area (Å²) in [6, 6.07) is 0. The van der Waals surface area contributed by atoms with Crippen LogP contribution >= 0.6 is 0 Å². The molecule has 24 heavy (non-hydrogen) atoms. The minimum absolute atomic E-state index is 0.241. The van der Waals surface area contributed by atoms with Crippen molar-refractivity contribution in [3.8, 4) is 0 Å². The molecule has 3 fully saturated rings. The maximum Gasteiger partial charge on any atom is 0.333 e. The van der Waals surface area contributed by atoms with Gasteiger partial charge in [0, 0.05) is 0 Å². The minimum atomic E-state index is -3.85. The zero-order valence-electron chi connectivity index (χ0n) is 15.0. The quantitative estimate of drug-likeness (QED) is 0.765. The molecule has 0 aromatic carbocycles. The molecule has 0 aromatic heterocycles. The Kier molecular flexibility index (Phi) is 3.94. The molecule has 0 aliphatic heterocycles. The van der Waals surface area contributed by atoms with Gasteiger partial charge in [-0.2, -0.15) is 8.42 Å². The van der Waals surface area contributed by atoms with Crippen molar-refractivity contribution in [3.05, 3.63) is 11.6 Å². The molecule has 6 atom stereocenters. The van der Waals surface area contributed by atoms with E-state index in [0.29, 0.717) is 5.41 Å². The molecule has 0 unspecified atom stereocenters. The fourth-order valence-corrected chi connectivity index (χ4v) is 7.44. The van der Waals surface area contributed by atoms with E-state index < -0.39 is 10.3 Å². The first kappa shape index (κ1) is 17.0. The first-order chi connectivity index (χ1) is 11.2. The molecular formula is C19H31NO3S. The van der Waals surface area contributed by atoms with Gasteiger partial charge < -0.3 is 0 Å². The lowest BCUT2D eigenvalue weighted by atomic mass is 9.48. The van der Waals surface area contributed by atoms with Crippen LogP contribution in [-0.2, 0) is 14.5 Å². The predicted octanol–water partition coefficient (Wildman–Crippen LogP) is 3.93. The molecule has 4 nitrogen and oxygen atoms in total. The molecular weight excluding hydrogens is 322 g/mol. The second kappa shape index (κ2) is 5.55. The molecule has 3 saturated carbocycles. The molecule has 2 N–H and O–H groups in total. The zero-order valence-corrected chi connectivity index (χ0v) is 15.8. The van der Waals surface area contributed by atoms with E-state index in [1.54, 1.807) is 0 Å². The zero-order chi connectivity index (χ0) is 17.2. The minimum Gasteiger partial charge on any atom is -0.255 e. The lowest BCUT2D eigenvalue weighted by molar-refractivity contribution is -0.0335. The van der Waals surface area contributed by atoms with Crippen molar-refractivity contribution in [2.24, 2.45) is 33.7 Å². The van der Waals surface area contributed by atoms with Gasteiger partial charge in [-0.15, -0.1) is 0 Å². The van der Waals surface area contributed by atoms with E-state index in [-0.39, 0.29) is 11.5 Å². The van der Waals surface area contributed by atoms with E-state index in [9.17, 15) is 8.42 Å². The van der Waals surface area contributed by atoms with Crippen LogP contribution in [0.25, 0.3) is 0 Å². The lowest BCUT2D eigenvalue weighted by Crippen LogP contribution is -2.49. The number of hydrogen-bond donors (Lipinski definition) is 1. The number of rotatable bonds is 2. The second-order valence-electron chi connectivity index (χ2n) is 9.30. The number of hydrogen-bond acceptors (Lipinski definition) is 3. The highest BCUT2D eigenvalue weighted by Gasteiger charge is 2.55. The van der Waals surface area contributed by atoms with Gasteiger partial charge in [-0.1, -0.05) is 31.9 Å². The molecule has 136 valence electrons. The summed E-state index contributed by atoms with van der Waals surface area (Å²) in [6.45, 7) is 4.96. The van der Waals surface area contributed by atoms with Crippen molar-refractivity contribution in [3.63, 3.8) is 0 Å². The smallest absolute Gasteiger partial charge is 0.255 e. The van der Waals surface area contributed by atoms with Crippen LogP contribution in [0.1, 0.15) is 71.6 Å². The third kappa shape index (κ3) is 2.67. The monoisotopic (exact) mass is 353 g/mol. The Morgan fingerprint density at radius 1 is 1.12 bits per heavy atom. The lowest BCUT2D eigenvalue weighted by Gasteiger charge is -2.57. The van der Waals surface area contributed by atoms with Gasteiger partial charge in [0.2, 0.25) is 0 Å². The molecule has 0 aromatic rings. The standard InChI is InChI=1S/C19H31NO3S/c1-18-9-3-4-16(18)15-6-5-13-12-14(23-24(20,21)22)7-11-19(13,2)17(15)8-10-18/h5,14-17H,3-4,6-12H2,1-2H3,(H2,20,21,22)/t14-,15-,16-,17-,18-,19-/m0/s1. The van der Waals surface area contributed by atoms with Gasteiger partial charge in [-0.3, -0.25) is 4.18 Å². The third-order valence-corrected chi connectivity index (χ3v) is 8.65. The van der Waals surface area contributed by atoms with Crippen molar-refractivity contribution in [1.82, 2.24) is 0 Å². The Morgan fingerprint density at radius 2 is 1.92 bits per heavy atom. The van der Waals surface area contributed by atoms with E-state index in [2.05, 4.69) is 19.9 Å². The largest absolute Gasteiger partial charge is 0.333 e. The molecule has 0 spiro atoms. The Bertz CT molecular complexity index is 658. The Hall–Kier alpha value is -0.390. The van der Waals surface area contributed by atoms with Gasteiger partial charge in [0.25, 0.3) is 0 Å². The van der Waals surface area contributed by atoms with E-state index in [0.717, 1.165) is 37.0 Å². The summed E-state index contributed by atoms with van der Waals surface area (Å²) in [5.41, 5.74) is 2.26. The predicted molar refractivity (Wildman–Crippen MR) is 94.3 cm³/mol. The summed E-state index contributed by atoms with van der Waals surface area (Å²) >= 11 is 0. The van der Waals surface area contributed by atoms with Crippen molar-refractivity contribution in [2.45, 2.75) is 77.7 Å². The van der Waals surface area contributed by atoms with E-state index in [4.69, 9.17) is 9.32 Å². The summed E-state index contributed by atoms with van der Waals surface area (Å²) in [5.74, 6) is 2.49. The van der Waals surface area contributed by atoms with Crippen LogP contribution < -0.4 is 5.14 Å².